The molecule has 0 unspecified atom stereocenters. The van der Waals surface area contributed by atoms with Crippen molar-refractivity contribution < 1.29 is 13.9 Å². The molecular formula is C21H17FN4O3S. The van der Waals surface area contributed by atoms with Gasteiger partial charge in [0.1, 0.15) is 34.0 Å². The fourth-order valence-electron chi connectivity index (χ4n) is 2.96. The van der Waals surface area contributed by atoms with Crippen molar-refractivity contribution in [1.29, 1.82) is 0 Å². The largest absolute Gasteiger partial charge is 0.497 e. The molecule has 0 aliphatic rings. The minimum atomic E-state index is -0.353. The van der Waals surface area contributed by atoms with Gasteiger partial charge in [-0.1, -0.05) is 12.1 Å². The van der Waals surface area contributed by atoms with E-state index in [4.69, 9.17) is 4.74 Å². The van der Waals surface area contributed by atoms with Crippen LogP contribution in [-0.4, -0.2) is 26.9 Å². The van der Waals surface area contributed by atoms with Crippen LogP contribution in [0.15, 0.2) is 59.7 Å². The normalized spacial score (nSPS) is 10.9. The number of hydrogen-bond donors (Lipinski definition) is 1. The van der Waals surface area contributed by atoms with Gasteiger partial charge >= 0.3 is 0 Å². The number of halogens is 1. The van der Waals surface area contributed by atoms with E-state index in [2.05, 4.69) is 14.7 Å². The van der Waals surface area contributed by atoms with Crippen molar-refractivity contribution in [2.45, 2.75) is 13.1 Å². The summed E-state index contributed by atoms with van der Waals surface area (Å²) in [7, 11) is 1.58. The Morgan fingerprint density at radius 2 is 2.03 bits per heavy atom. The molecule has 0 aliphatic heterocycles. The van der Waals surface area contributed by atoms with Gasteiger partial charge in [-0.3, -0.25) is 14.2 Å². The standard InChI is InChI=1S/C21H17FN4O3S/c1-29-16-4-2-3-13(9-16)10-23-17(27)11-26-12-24-19-18(25-30-20(19)21(26)28)14-5-7-15(22)8-6-14/h2-9,12H,10-11H2,1H3,(H,23,27). The van der Waals surface area contributed by atoms with Crippen LogP contribution in [-0.2, 0) is 17.9 Å². The van der Waals surface area contributed by atoms with E-state index in [1.54, 1.807) is 19.2 Å². The molecule has 1 N–H and O–H groups in total. The predicted octanol–water partition coefficient (Wildman–Crippen LogP) is 2.98. The summed E-state index contributed by atoms with van der Waals surface area (Å²) in [6, 6.07) is 13.2. The van der Waals surface area contributed by atoms with Gasteiger partial charge in [-0.2, -0.15) is 4.37 Å². The number of nitrogens with zero attached hydrogens (tertiary/aromatic N) is 3. The first-order valence-corrected chi connectivity index (χ1v) is 9.83. The van der Waals surface area contributed by atoms with Gasteiger partial charge in [0.05, 0.1) is 13.4 Å². The number of hydrogen-bond acceptors (Lipinski definition) is 6. The van der Waals surface area contributed by atoms with Gasteiger partial charge in [-0.15, -0.1) is 0 Å². The molecule has 4 rings (SSSR count). The second-order valence-corrected chi connectivity index (χ2v) is 7.30. The summed E-state index contributed by atoms with van der Waals surface area (Å²) < 4.78 is 24.2. The Morgan fingerprint density at radius 3 is 2.80 bits per heavy atom. The first kappa shape index (κ1) is 19.7. The molecule has 30 heavy (non-hydrogen) atoms. The fraction of sp³-hybridized carbons (Fsp3) is 0.143. The van der Waals surface area contributed by atoms with Crippen molar-refractivity contribution in [3.8, 4) is 17.0 Å². The van der Waals surface area contributed by atoms with Crippen molar-refractivity contribution in [3.63, 3.8) is 0 Å². The van der Waals surface area contributed by atoms with Gasteiger partial charge in [-0.25, -0.2) is 9.37 Å². The Hall–Kier alpha value is -3.59. The molecule has 2 heterocycles. The number of carbonyl (C=O) groups excluding carboxylic acids is 1. The molecule has 0 spiro atoms. The quantitative estimate of drug-likeness (QED) is 0.514. The zero-order chi connectivity index (χ0) is 21.1. The number of rotatable bonds is 6. The third-order valence-corrected chi connectivity index (χ3v) is 5.33. The van der Waals surface area contributed by atoms with Crippen LogP contribution in [0.5, 0.6) is 5.75 Å². The molecule has 0 atom stereocenters. The van der Waals surface area contributed by atoms with E-state index in [0.29, 0.717) is 33.8 Å². The Labute approximate surface area is 174 Å². The summed E-state index contributed by atoms with van der Waals surface area (Å²) in [6.45, 7) is 0.158. The number of methoxy groups -OCH3 is 1. The van der Waals surface area contributed by atoms with Gasteiger partial charge in [0.25, 0.3) is 5.56 Å². The lowest BCUT2D eigenvalue weighted by atomic mass is 10.1. The van der Waals surface area contributed by atoms with Crippen LogP contribution in [0.1, 0.15) is 5.56 Å². The van der Waals surface area contributed by atoms with Crippen molar-refractivity contribution in [3.05, 3.63) is 76.6 Å². The van der Waals surface area contributed by atoms with E-state index in [9.17, 15) is 14.0 Å². The van der Waals surface area contributed by atoms with Crippen LogP contribution in [0.4, 0.5) is 4.39 Å². The van der Waals surface area contributed by atoms with Crippen molar-refractivity contribution >= 4 is 27.7 Å². The highest BCUT2D eigenvalue weighted by molar-refractivity contribution is 7.13. The number of fused-ring (bicyclic) bond motifs is 1. The number of carbonyl (C=O) groups is 1. The van der Waals surface area contributed by atoms with Gasteiger partial charge in [0.15, 0.2) is 0 Å². The molecule has 4 aromatic rings. The van der Waals surface area contributed by atoms with E-state index in [1.165, 1.54) is 23.0 Å². The Balaban J connectivity index is 1.50. The first-order valence-electron chi connectivity index (χ1n) is 9.05. The van der Waals surface area contributed by atoms with Crippen LogP contribution in [0, 0.1) is 5.82 Å². The molecule has 0 aliphatic carbocycles. The van der Waals surface area contributed by atoms with Crippen molar-refractivity contribution in [1.82, 2.24) is 19.2 Å². The summed E-state index contributed by atoms with van der Waals surface area (Å²) in [6.07, 6.45) is 1.33. The molecule has 0 bridgehead atoms. The fourth-order valence-corrected chi connectivity index (χ4v) is 3.76. The number of amides is 1. The lowest BCUT2D eigenvalue weighted by molar-refractivity contribution is -0.121. The predicted molar refractivity (Wildman–Crippen MR) is 112 cm³/mol. The highest BCUT2D eigenvalue weighted by atomic mass is 32.1. The number of benzene rings is 2. The number of nitrogens with one attached hydrogen (secondary N) is 1. The summed E-state index contributed by atoms with van der Waals surface area (Å²) >= 11 is 1.01. The molecule has 152 valence electrons. The average molecular weight is 424 g/mol. The molecule has 1 amide bonds. The summed E-state index contributed by atoms with van der Waals surface area (Å²) in [5.74, 6) is 0.0349. The third kappa shape index (κ3) is 4.06. The summed E-state index contributed by atoms with van der Waals surface area (Å²) in [5, 5.41) is 2.78. The van der Waals surface area contributed by atoms with E-state index < -0.39 is 0 Å². The minimum Gasteiger partial charge on any atom is -0.497 e. The monoisotopic (exact) mass is 424 g/mol. The minimum absolute atomic E-state index is 0.157. The molecule has 2 aromatic carbocycles. The third-order valence-electron chi connectivity index (χ3n) is 4.50. The van der Waals surface area contributed by atoms with Gasteiger partial charge < -0.3 is 10.1 Å². The molecule has 0 fully saturated rings. The molecular weight excluding hydrogens is 407 g/mol. The number of ether oxygens (including phenoxy) is 1. The van der Waals surface area contributed by atoms with Crippen molar-refractivity contribution in [2.24, 2.45) is 0 Å². The molecule has 0 radical (unpaired) electrons. The van der Waals surface area contributed by atoms with Crippen LogP contribution >= 0.6 is 11.5 Å². The molecule has 2 aromatic heterocycles. The molecule has 7 nitrogen and oxygen atoms in total. The smallest absolute Gasteiger partial charge is 0.273 e. The van der Waals surface area contributed by atoms with Crippen molar-refractivity contribution in [2.75, 3.05) is 7.11 Å². The SMILES string of the molecule is COc1cccc(CNC(=O)Cn2cnc3c(-c4ccc(F)cc4)nsc3c2=O)c1. The van der Waals surface area contributed by atoms with Crippen LogP contribution < -0.4 is 15.6 Å². The maximum atomic E-state index is 13.2. The maximum absolute atomic E-state index is 13.2. The van der Waals surface area contributed by atoms with Crippen LogP contribution in [0.2, 0.25) is 0 Å². The first-order chi connectivity index (χ1) is 14.5. The topological polar surface area (TPSA) is 86.1 Å². The van der Waals surface area contributed by atoms with Crippen LogP contribution in [0.3, 0.4) is 0 Å². The number of aromatic nitrogens is 3. The molecule has 0 saturated heterocycles. The second kappa shape index (κ2) is 8.42. The van der Waals surface area contributed by atoms with Gasteiger partial charge in [0.2, 0.25) is 5.91 Å². The van der Waals surface area contributed by atoms with E-state index in [0.717, 1.165) is 17.1 Å². The Morgan fingerprint density at radius 1 is 1.23 bits per heavy atom. The Kier molecular flexibility index (Phi) is 5.53. The average Bonchev–Trinajstić information content (AvgIpc) is 3.20. The zero-order valence-electron chi connectivity index (χ0n) is 16.0. The highest BCUT2D eigenvalue weighted by Crippen LogP contribution is 2.27. The van der Waals surface area contributed by atoms with Gasteiger partial charge in [0, 0.05) is 12.1 Å². The van der Waals surface area contributed by atoms with Crippen LogP contribution in [0.25, 0.3) is 21.5 Å². The van der Waals surface area contributed by atoms with E-state index in [-0.39, 0.29) is 23.8 Å². The molecule has 9 heteroatoms. The second-order valence-electron chi connectivity index (χ2n) is 6.52. The van der Waals surface area contributed by atoms with E-state index in [1.807, 2.05) is 24.3 Å². The lowest BCUT2D eigenvalue weighted by Crippen LogP contribution is -2.31. The van der Waals surface area contributed by atoms with E-state index >= 15 is 0 Å². The summed E-state index contributed by atoms with van der Waals surface area (Å²) in [5.41, 5.74) is 2.16. The maximum Gasteiger partial charge on any atom is 0.273 e. The zero-order valence-corrected chi connectivity index (χ0v) is 16.8. The summed E-state index contributed by atoms with van der Waals surface area (Å²) in [4.78, 5) is 29.4. The molecule has 0 saturated carbocycles. The Bertz CT molecular complexity index is 1270. The lowest BCUT2D eigenvalue weighted by Gasteiger charge is -2.08. The highest BCUT2D eigenvalue weighted by Gasteiger charge is 2.15. The van der Waals surface area contributed by atoms with Gasteiger partial charge in [-0.05, 0) is 53.5 Å².